The molecule has 144 valence electrons. The van der Waals surface area contributed by atoms with E-state index in [1.807, 2.05) is 28.8 Å². The number of amides is 3. The Balaban J connectivity index is 1.66. The Kier molecular flexibility index (Phi) is 8.29. The van der Waals surface area contributed by atoms with Gasteiger partial charge in [0.2, 0.25) is 5.91 Å². The number of piperidine rings is 1. The van der Waals surface area contributed by atoms with E-state index in [-0.39, 0.29) is 17.9 Å². The van der Waals surface area contributed by atoms with Gasteiger partial charge in [-0.15, -0.1) is 0 Å². The molecule has 1 aliphatic heterocycles. The lowest BCUT2D eigenvalue weighted by atomic mass is 9.96. The van der Waals surface area contributed by atoms with E-state index in [9.17, 15) is 9.59 Å². The molecule has 0 aliphatic carbocycles. The third kappa shape index (κ3) is 6.90. The summed E-state index contributed by atoms with van der Waals surface area (Å²) in [6, 6.07) is 8.18. The third-order valence-electron chi connectivity index (χ3n) is 4.57. The minimum absolute atomic E-state index is 0.000921. The van der Waals surface area contributed by atoms with E-state index in [1.165, 1.54) is 5.56 Å². The van der Waals surface area contributed by atoms with Gasteiger partial charge in [-0.25, -0.2) is 4.79 Å². The van der Waals surface area contributed by atoms with Crippen molar-refractivity contribution in [2.45, 2.75) is 45.4 Å². The van der Waals surface area contributed by atoms with Gasteiger partial charge >= 0.3 is 6.03 Å². The fraction of sp³-hybridized carbons (Fsp3) is 0.600. The molecule has 5 nitrogen and oxygen atoms in total. The van der Waals surface area contributed by atoms with Crippen LogP contribution in [0.15, 0.2) is 24.3 Å². The highest BCUT2D eigenvalue weighted by molar-refractivity contribution is 7.99. The molecular weight excluding hydrogens is 346 g/mol. The van der Waals surface area contributed by atoms with Gasteiger partial charge in [0, 0.05) is 37.8 Å². The van der Waals surface area contributed by atoms with E-state index in [1.54, 1.807) is 0 Å². The van der Waals surface area contributed by atoms with Gasteiger partial charge in [-0.1, -0.05) is 43.7 Å². The van der Waals surface area contributed by atoms with Crippen LogP contribution >= 0.6 is 11.8 Å². The molecule has 1 saturated heterocycles. The Morgan fingerprint density at radius 1 is 1.15 bits per heavy atom. The molecule has 0 saturated carbocycles. The van der Waals surface area contributed by atoms with Gasteiger partial charge in [-0.05, 0) is 30.6 Å². The van der Waals surface area contributed by atoms with E-state index in [0.29, 0.717) is 31.4 Å². The Hall–Kier alpha value is -1.69. The molecule has 26 heavy (non-hydrogen) atoms. The number of nitrogens with one attached hydrogen (secondary N) is 2. The van der Waals surface area contributed by atoms with Crippen LogP contribution in [0.1, 0.15) is 37.8 Å². The molecule has 1 aliphatic rings. The summed E-state index contributed by atoms with van der Waals surface area (Å²) >= 11 is 1.84. The molecule has 1 aromatic carbocycles. The number of aryl methyl sites for hydroxylation is 1. The second-order valence-electron chi connectivity index (χ2n) is 7.12. The Morgan fingerprint density at radius 3 is 2.42 bits per heavy atom. The molecule has 1 aromatic rings. The molecule has 0 unspecified atom stereocenters. The van der Waals surface area contributed by atoms with Crippen molar-refractivity contribution in [1.29, 1.82) is 0 Å². The summed E-state index contributed by atoms with van der Waals surface area (Å²) in [7, 11) is 0. The highest BCUT2D eigenvalue weighted by Gasteiger charge is 2.27. The maximum absolute atomic E-state index is 12.4. The van der Waals surface area contributed by atoms with Crippen molar-refractivity contribution >= 4 is 23.7 Å². The topological polar surface area (TPSA) is 61.4 Å². The average Bonchev–Trinajstić information content (AvgIpc) is 2.64. The van der Waals surface area contributed by atoms with Crippen LogP contribution in [0.5, 0.6) is 0 Å². The average molecular weight is 378 g/mol. The third-order valence-corrected chi connectivity index (χ3v) is 5.68. The molecule has 1 heterocycles. The predicted octanol–water partition coefficient (Wildman–Crippen LogP) is 3.17. The van der Waals surface area contributed by atoms with Crippen molar-refractivity contribution in [3.8, 4) is 0 Å². The maximum Gasteiger partial charge on any atom is 0.317 e. The number of hydrogen-bond donors (Lipinski definition) is 2. The van der Waals surface area contributed by atoms with Gasteiger partial charge in [0.25, 0.3) is 0 Å². The number of carbonyl (C=O) groups is 2. The van der Waals surface area contributed by atoms with Crippen LogP contribution in [0.3, 0.4) is 0 Å². The number of hydrogen-bond acceptors (Lipinski definition) is 3. The minimum atomic E-state index is -0.00660. The zero-order valence-corrected chi connectivity index (χ0v) is 16.9. The molecule has 3 amide bonds. The molecule has 0 spiro atoms. The summed E-state index contributed by atoms with van der Waals surface area (Å²) in [5.41, 5.74) is 2.33. The molecular formula is C20H31N3O2S. The Morgan fingerprint density at radius 2 is 1.81 bits per heavy atom. The molecule has 6 heteroatoms. The Labute approximate surface area is 161 Å². The van der Waals surface area contributed by atoms with E-state index in [0.717, 1.165) is 24.2 Å². The molecule has 0 bridgehead atoms. The van der Waals surface area contributed by atoms with Crippen molar-refractivity contribution in [1.82, 2.24) is 15.5 Å². The lowest BCUT2D eigenvalue weighted by Gasteiger charge is -2.31. The van der Waals surface area contributed by atoms with Gasteiger partial charge in [0.1, 0.15) is 0 Å². The number of thioether (sulfide) groups is 1. The van der Waals surface area contributed by atoms with Crippen molar-refractivity contribution in [3.63, 3.8) is 0 Å². The Bertz CT molecular complexity index is 581. The van der Waals surface area contributed by atoms with Gasteiger partial charge in [-0.2, -0.15) is 11.8 Å². The normalized spacial score (nSPS) is 15.2. The van der Waals surface area contributed by atoms with Crippen LogP contribution in [0, 0.1) is 12.8 Å². The summed E-state index contributed by atoms with van der Waals surface area (Å²) in [4.78, 5) is 26.3. The lowest BCUT2D eigenvalue weighted by molar-refractivity contribution is -0.126. The quantitative estimate of drug-likeness (QED) is 0.718. The van der Waals surface area contributed by atoms with Gasteiger partial charge in [0.05, 0.1) is 0 Å². The minimum Gasteiger partial charge on any atom is -0.352 e. The SMILES string of the molecule is Cc1ccc(CNC(=O)C2CCN(C(=O)NCCSC(C)C)CC2)cc1. The number of benzene rings is 1. The van der Waals surface area contributed by atoms with Gasteiger partial charge < -0.3 is 15.5 Å². The first-order valence-electron chi connectivity index (χ1n) is 9.43. The van der Waals surface area contributed by atoms with E-state index in [4.69, 9.17) is 0 Å². The first-order valence-corrected chi connectivity index (χ1v) is 10.5. The summed E-state index contributed by atoms with van der Waals surface area (Å²) in [5.74, 6) is 1.03. The summed E-state index contributed by atoms with van der Waals surface area (Å²) in [6.07, 6.45) is 1.46. The second-order valence-corrected chi connectivity index (χ2v) is 8.80. The molecule has 0 radical (unpaired) electrons. The molecule has 0 aromatic heterocycles. The monoisotopic (exact) mass is 377 g/mol. The fourth-order valence-corrected chi connectivity index (χ4v) is 3.64. The highest BCUT2D eigenvalue weighted by Crippen LogP contribution is 2.18. The molecule has 0 atom stereocenters. The van der Waals surface area contributed by atoms with Crippen molar-refractivity contribution < 1.29 is 9.59 Å². The molecule has 2 rings (SSSR count). The predicted molar refractivity (Wildman–Crippen MR) is 108 cm³/mol. The first kappa shape index (κ1) is 20.6. The maximum atomic E-state index is 12.4. The standard InChI is InChI=1S/C20H31N3O2S/c1-15(2)26-13-10-21-20(25)23-11-8-18(9-12-23)19(24)22-14-17-6-4-16(3)5-7-17/h4-7,15,18H,8-14H2,1-3H3,(H,21,25)(H,22,24). The number of urea groups is 1. The van der Waals surface area contributed by atoms with Crippen molar-refractivity contribution in [2.75, 3.05) is 25.4 Å². The smallest absolute Gasteiger partial charge is 0.317 e. The summed E-state index contributed by atoms with van der Waals surface area (Å²) in [6.45, 7) is 8.90. The number of nitrogens with zero attached hydrogens (tertiary/aromatic N) is 1. The van der Waals surface area contributed by atoms with Crippen LogP contribution in [0.2, 0.25) is 0 Å². The number of carbonyl (C=O) groups excluding carboxylic acids is 2. The zero-order chi connectivity index (χ0) is 18.9. The molecule has 1 fully saturated rings. The van der Waals surface area contributed by atoms with Gasteiger partial charge in [-0.3, -0.25) is 4.79 Å². The zero-order valence-electron chi connectivity index (χ0n) is 16.1. The number of likely N-dealkylation sites (tertiary alicyclic amines) is 1. The molecule has 2 N–H and O–H groups in total. The van der Waals surface area contributed by atoms with Crippen LogP contribution < -0.4 is 10.6 Å². The van der Waals surface area contributed by atoms with E-state index in [2.05, 4.69) is 43.5 Å². The van der Waals surface area contributed by atoms with Crippen molar-refractivity contribution in [3.05, 3.63) is 35.4 Å². The van der Waals surface area contributed by atoms with Crippen LogP contribution in [-0.4, -0.2) is 47.5 Å². The van der Waals surface area contributed by atoms with Crippen LogP contribution in [0.25, 0.3) is 0 Å². The summed E-state index contributed by atoms with van der Waals surface area (Å²) < 4.78 is 0. The van der Waals surface area contributed by atoms with Crippen LogP contribution in [0.4, 0.5) is 4.79 Å². The lowest BCUT2D eigenvalue weighted by Crippen LogP contribution is -2.47. The fourth-order valence-electron chi connectivity index (χ4n) is 2.95. The second kappa shape index (κ2) is 10.5. The number of rotatable bonds is 7. The van der Waals surface area contributed by atoms with E-state index < -0.39 is 0 Å². The van der Waals surface area contributed by atoms with Crippen LogP contribution in [-0.2, 0) is 11.3 Å². The van der Waals surface area contributed by atoms with Crippen molar-refractivity contribution in [2.24, 2.45) is 5.92 Å². The highest BCUT2D eigenvalue weighted by atomic mass is 32.2. The summed E-state index contributed by atoms with van der Waals surface area (Å²) in [5, 5.41) is 6.58. The largest absolute Gasteiger partial charge is 0.352 e. The van der Waals surface area contributed by atoms with Gasteiger partial charge in [0.15, 0.2) is 0 Å². The first-order chi connectivity index (χ1) is 12.5. The van der Waals surface area contributed by atoms with E-state index >= 15 is 0 Å².